The molecular formula is C16H21ClN2OS. The number of para-hydroxylation sites is 1. The molecule has 1 aromatic heterocycles. The zero-order chi connectivity index (χ0) is 14.8. The minimum Gasteiger partial charge on any atom is -0.494 e. The summed E-state index contributed by atoms with van der Waals surface area (Å²) in [5.41, 5.74) is 2.08. The Labute approximate surface area is 135 Å². The van der Waals surface area contributed by atoms with Crippen molar-refractivity contribution < 1.29 is 4.74 Å². The molecule has 1 aliphatic carbocycles. The van der Waals surface area contributed by atoms with Crippen molar-refractivity contribution in [3.05, 3.63) is 24.0 Å². The number of alkyl halides is 1. The molecule has 0 bridgehead atoms. The van der Waals surface area contributed by atoms with Crippen molar-refractivity contribution in [2.75, 3.05) is 13.4 Å². The van der Waals surface area contributed by atoms with E-state index in [9.17, 15) is 0 Å². The third-order valence-electron chi connectivity index (χ3n) is 4.39. The van der Waals surface area contributed by atoms with E-state index in [1.807, 2.05) is 23.9 Å². The van der Waals surface area contributed by atoms with Crippen molar-refractivity contribution in [2.45, 2.75) is 42.9 Å². The number of hydrogen-bond donors (Lipinski definition) is 0. The van der Waals surface area contributed by atoms with Crippen LogP contribution in [0.2, 0.25) is 0 Å². The molecule has 3 nitrogen and oxygen atoms in total. The van der Waals surface area contributed by atoms with E-state index in [-0.39, 0.29) is 0 Å². The Morgan fingerprint density at radius 1 is 1.43 bits per heavy atom. The fraction of sp³-hybridized carbons (Fsp3) is 0.562. The Hall–Kier alpha value is -0.870. The molecule has 0 aliphatic heterocycles. The Morgan fingerprint density at radius 2 is 2.29 bits per heavy atom. The number of rotatable bonds is 4. The van der Waals surface area contributed by atoms with Gasteiger partial charge in [0, 0.05) is 11.3 Å². The second kappa shape index (κ2) is 6.49. The van der Waals surface area contributed by atoms with Gasteiger partial charge in [0.05, 0.1) is 18.5 Å². The Balaban J connectivity index is 2.08. The van der Waals surface area contributed by atoms with Crippen LogP contribution in [0, 0.1) is 0 Å². The van der Waals surface area contributed by atoms with E-state index < -0.39 is 0 Å². The number of aromatic nitrogens is 2. The van der Waals surface area contributed by atoms with Gasteiger partial charge >= 0.3 is 0 Å². The molecular weight excluding hydrogens is 304 g/mol. The smallest absolute Gasteiger partial charge is 0.146 e. The minimum absolute atomic E-state index is 0.443. The van der Waals surface area contributed by atoms with Crippen LogP contribution in [-0.4, -0.2) is 28.2 Å². The van der Waals surface area contributed by atoms with Gasteiger partial charge in [-0.05, 0) is 37.7 Å². The number of nitrogens with zero attached hydrogens (tertiary/aromatic N) is 2. The van der Waals surface area contributed by atoms with Crippen LogP contribution in [0.25, 0.3) is 11.0 Å². The first-order valence-electron chi connectivity index (χ1n) is 7.41. The number of fused-ring (bicyclic) bond motifs is 1. The molecule has 114 valence electrons. The van der Waals surface area contributed by atoms with E-state index in [0.717, 1.165) is 27.9 Å². The van der Waals surface area contributed by atoms with Crippen LogP contribution >= 0.6 is 23.4 Å². The Bertz CT molecular complexity index is 628. The van der Waals surface area contributed by atoms with Crippen LogP contribution in [0.15, 0.2) is 18.2 Å². The van der Waals surface area contributed by atoms with Crippen LogP contribution in [0.5, 0.6) is 5.75 Å². The highest BCUT2D eigenvalue weighted by atomic mass is 35.5. The van der Waals surface area contributed by atoms with Crippen LogP contribution in [0.4, 0.5) is 0 Å². The standard InChI is InChI=1S/C16H21ClN2OS/c1-20-14-8-4-7-13-16(14)18-15(10-17)19(13)11-5-3-6-12(9-11)21-2/h4,7-8,11-12H,3,5-6,9-10H2,1-2H3. The van der Waals surface area contributed by atoms with E-state index in [1.54, 1.807) is 7.11 Å². The molecule has 0 spiro atoms. The number of imidazole rings is 1. The Kier molecular flexibility index (Phi) is 4.65. The van der Waals surface area contributed by atoms with Gasteiger partial charge in [-0.1, -0.05) is 12.5 Å². The average molecular weight is 325 g/mol. The zero-order valence-corrected chi connectivity index (χ0v) is 14.1. The van der Waals surface area contributed by atoms with Gasteiger partial charge < -0.3 is 9.30 Å². The predicted molar refractivity (Wildman–Crippen MR) is 90.7 cm³/mol. The molecule has 0 amide bonds. The van der Waals surface area contributed by atoms with Gasteiger partial charge in [0.25, 0.3) is 0 Å². The lowest BCUT2D eigenvalue weighted by atomic mass is 9.94. The number of thioether (sulfide) groups is 1. The fourth-order valence-electron chi connectivity index (χ4n) is 3.37. The minimum atomic E-state index is 0.443. The third kappa shape index (κ3) is 2.76. The molecule has 5 heteroatoms. The predicted octanol–water partition coefficient (Wildman–Crippen LogP) is 4.63. The van der Waals surface area contributed by atoms with Gasteiger partial charge in [0.2, 0.25) is 0 Å². The fourth-order valence-corrected chi connectivity index (χ4v) is 4.38. The topological polar surface area (TPSA) is 27.1 Å². The number of methoxy groups -OCH3 is 1. The Morgan fingerprint density at radius 3 is 3.00 bits per heavy atom. The summed E-state index contributed by atoms with van der Waals surface area (Å²) in [6.45, 7) is 0. The van der Waals surface area contributed by atoms with Crippen LogP contribution < -0.4 is 4.74 Å². The van der Waals surface area contributed by atoms with Gasteiger partial charge in [0.15, 0.2) is 0 Å². The molecule has 0 saturated heterocycles. The van der Waals surface area contributed by atoms with Crippen molar-refractivity contribution in [1.29, 1.82) is 0 Å². The molecule has 0 radical (unpaired) electrons. The SMILES string of the molecule is COc1cccc2c1nc(CCl)n2C1CCCC(SC)C1. The molecule has 0 N–H and O–H groups in total. The number of ether oxygens (including phenoxy) is 1. The quantitative estimate of drug-likeness (QED) is 0.767. The first-order valence-corrected chi connectivity index (χ1v) is 9.23. The largest absolute Gasteiger partial charge is 0.494 e. The van der Waals surface area contributed by atoms with Gasteiger partial charge in [-0.3, -0.25) is 0 Å². The maximum atomic E-state index is 6.16. The van der Waals surface area contributed by atoms with Gasteiger partial charge in [0.1, 0.15) is 17.1 Å². The summed E-state index contributed by atoms with van der Waals surface area (Å²) >= 11 is 8.14. The van der Waals surface area contributed by atoms with Gasteiger partial charge in [-0.25, -0.2) is 4.98 Å². The number of halogens is 1. The summed E-state index contributed by atoms with van der Waals surface area (Å²) in [5, 5.41) is 0.745. The highest BCUT2D eigenvalue weighted by molar-refractivity contribution is 7.99. The molecule has 1 aliphatic rings. The van der Waals surface area contributed by atoms with Crippen LogP contribution in [0.1, 0.15) is 37.5 Å². The van der Waals surface area contributed by atoms with E-state index >= 15 is 0 Å². The molecule has 2 atom stereocenters. The summed E-state index contributed by atoms with van der Waals surface area (Å²) in [4.78, 5) is 4.73. The van der Waals surface area contributed by atoms with Crippen molar-refractivity contribution in [2.24, 2.45) is 0 Å². The van der Waals surface area contributed by atoms with Gasteiger partial charge in [-0.15, -0.1) is 11.6 Å². The molecule has 1 saturated carbocycles. The molecule has 1 fully saturated rings. The lowest BCUT2D eigenvalue weighted by Crippen LogP contribution is -2.21. The second-order valence-electron chi connectivity index (χ2n) is 5.54. The summed E-state index contributed by atoms with van der Waals surface area (Å²) in [6.07, 6.45) is 7.23. The normalized spacial score (nSPS) is 22.6. The van der Waals surface area contributed by atoms with Crippen LogP contribution in [0.3, 0.4) is 0 Å². The second-order valence-corrected chi connectivity index (χ2v) is 6.94. The third-order valence-corrected chi connectivity index (χ3v) is 5.73. The zero-order valence-electron chi connectivity index (χ0n) is 12.5. The van der Waals surface area contributed by atoms with E-state index in [0.29, 0.717) is 11.9 Å². The lowest BCUT2D eigenvalue weighted by molar-refractivity contribution is 0.362. The average Bonchev–Trinajstić information content (AvgIpc) is 2.93. The highest BCUT2D eigenvalue weighted by Crippen LogP contribution is 2.38. The highest BCUT2D eigenvalue weighted by Gasteiger charge is 2.26. The van der Waals surface area contributed by atoms with Gasteiger partial charge in [-0.2, -0.15) is 11.8 Å². The molecule has 2 unspecified atom stereocenters. The summed E-state index contributed by atoms with van der Waals surface area (Å²) in [7, 11) is 1.69. The first kappa shape index (κ1) is 15.0. The molecule has 1 heterocycles. The summed E-state index contributed by atoms with van der Waals surface area (Å²) < 4.78 is 7.80. The molecule has 1 aromatic carbocycles. The maximum absolute atomic E-state index is 6.16. The number of hydrogen-bond acceptors (Lipinski definition) is 3. The number of benzene rings is 1. The molecule has 2 aromatic rings. The summed E-state index contributed by atoms with van der Waals surface area (Å²) in [5.74, 6) is 2.23. The monoisotopic (exact) mass is 324 g/mol. The molecule has 3 rings (SSSR count). The first-order chi connectivity index (χ1) is 10.3. The van der Waals surface area contributed by atoms with E-state index in [2.05, 4.69) is 16.9 Å². The van der Waals surface area contributed by atoms with Crippen molar-refractivity contribution in [3.63, 3.8) is 0 Å². The van der Waals surface area contributed by atoms with Crippen molar-refractivity contribution in [1.82, 2.24) is 9.55 Å². The van der Waals surface area contributed by atoms with Crippen molar-refractivity contribution >= 4 is 34.4 Å². The summed E-state index contributed by atoms with van der Waals surface area (Å²) in [6, 6.07) is 6.63. The molecule has 21 heavy (non-hydrogen) atoms. The van der Waals surface area contributed by atoms with Crippen LogP contribution in [-0.2, 0) is 5.88 Å². The van der Waals surface area contributed by atoms with E-state index in [1.165, 1.54) is 25.7 Å². The maximum Gasteiger partial charge on any atom is 0.146 e. The lowest BCUT2D eigenvalue weighted by Gasteiger charge is -2.30. The van der Waals surface area contributed by atoms with Crippen molar-refractivity contribution in [3.8, 4) is 5.75 Å². The van der Waals surface area contributed by atoms with E-state index in [4.69, 9.17) is 21.3 Å².